The van der Waals surface area contributed by atoms with Crippen LogP contribution in [0.15, 0.2) is 47.4 Å². The maximum absolute atomic E-state index is 12.6. The summed E-state index contributed by atoms with van der Waals surface area (Å²) >= 11 is 0. The lowest BCUT2D eigenvalue weighted by atomic mass is 10.1. The van der Waals surface area contributed by atoms with Crippen molar-refractivity contribution in [3.05, 3.63) is 59.2 Å². The van der Waals surface area contributed by atoms with E-state index < -0.39 is 16.0 Å². The van der Waals surface area contributed by atoms with Crippen LogP contribution in [0, 0.1) is 0 Å². The third-order valence-corrected chi connectivity index (χ3v) is 6.74. The van der Waals surface area contributed by atoms with Crippen LogP contribution in [-0.2, 0) is 22.9 Å². The van der Waals surface area contributed by atoms with Crippen molar-refractivity contribution in [3.63, 3.8) is 0 Å². The smallest absolute Gasteiger partial charge is 0.343 e. The van der Waals surface area contributed by atoms with Crippen molar-refractivity contribution in [3.8, 4) is 5.75 Å². The molecule has 0 aromatic heterocycles. The summed E-state index contributed by atoms with van der Waals surface area (Å²) in [6.45, 7) is 4.32. The van der Waals surface area contributed by atoms with E-state index in [0.29, 0.717) is 18.8 Å². The molecule has 0 radical (unpaired) electrons. The zero-order chi connectivity index (χ0) is 18.7. The maximum Gasteiger partial charge on any atom is 0.343 e. The maximum atomic E-state index is 12.6. The van der Waals surface area contributed by atoms with E-state index in [2.05, 4.69) is 0 Å². The number of esters is 1. The van der Waals surface area contributed by atoms with Gasteiger partial charge in [0.25, 0.3) is 0 Å². The number of rotatable bonds is 6. The predicted octanol–water partition coefficient (Wildman–Crippen LogP) is 3.43. The van der Waals surface area contributed by atoms with E-state index in [-0.39, 0.29) is 10.5 Å². The summed E-state index contributed by atoms with van der Waals surface area (Å²) in [6.07, 6.45) is 3.19. The van der Waals surface area contributed by atoms with Crippen molar-refractivity contribution in [2.45, 2.75) is 38.0 Å². The molecule has 2 aromatic rings. The van der Waals surface area contributed by atoms with Gasteiger partial charge in [-0.1, -0.05) is 26.0 Å². The van der Waals surface area contributed by atoms with Crippen molar-refractivity contribution in [2.75, 3.05) is 13.1 Å². The zero-order valence-electron chi connectivity index (χ0n) is 15.1. The lowest BCUT2D eigenvalue weighted by molar-refractivity contribution is 0.0734. The van der Waals surface area contributed by atoms with Gasteiger partial charge in [0.1, 0.15) is 5.75 Å². The second-order valence-corrected chi connectivity index (χ2v) is 8.23. The van der Waals surface area contributed by atoms with Gasteiger partial charge in [-0.3, -0.25) is 0 Å². The molecular formula is C20H23NO4S. The monoisotopic (exact) mass is 373 g/mol. The van der Waals surface area contributed by atoms with E-state index in [1.807, 2.05) is 12.1 Å². The van der Waals surface area contributed by atoms with Crippen LogP contribution in [0.1, 0.15) is 41.8 Å². The van der Waals surface area contributed by atoms with Crippen LogP contribution >= 0.6 is 0 Å². The predicted molar refractivity (Wildman–Crippen MR) is 100.0 cm³/mol. The number of aryl methyl sites for hydroxylation is 2. The van der Waals surface area contributed by atoms with Crippen LogP contribution in [0.4, 0.5) is 0 Å². The Morgan fingerprint density at radius 2 is 1.77 bits per heavy atom. The van der Waals surface area contributed by atoms with Crippen molar-refractivity contribution in [1.29, 1.82) is 0 Å². The first-order chi connectivity index (χ1) is 12.5. The summed E-state index contributed by atoms with van der Waals surface area (Å²) in [6, 6.07) is 11.7. The van der Waals surface area contributed by atoms with Crippen LogP contribution in [0.5, 0.6) is 5.75 Å². The standard InChI is InChI=1S/C20H23NO4S/c1-3-21(4-2)26(23,24)19-10-6-9-17(14-19)20(22)25-18-12-11-15-7-5-8-16(15)13-18/h6,9-14H,3-5,7-8H2,1-2H3. The van der Waals surface area contributed by atoms with E-state index >= 15 is 0 Å². The fourth-order valence-corrected chi connectivity index (χ4v) is 4.78. The Labute approximate surface area is 154 Å². The van der Waals surface area contributed by atoms with Crippen LogP contribution in [-0.4, -0.2) is 31.8 Å². The Bertz CT molecular complexity index is 917. The van der Waals surface area contributed by atoms with Gasteiger partial charge >= 0.3 is 5.97 Å². The number of nitrogens with zero attached hydrogens (tertiary/aromatic N) is 1. The molecule has 5 nitrogen and oxygen atoms in total. The van der Waals surface area contributed by atoms with Crippen molar-refractivity contribution in [2.24, 2.45) is 0 Å². The molecule has 0 amide bonds. The molecule has 1 aliphatic carbocycles. The first-order valence-corrected chi connectivity index (χ1v) is 10.3. The number of hydrogen-bond donors (Lipinski definition) is 0. The van der Waals surface area contributed by atoms with Gasteiger partial charge in [-0.15, -0.1) is 0 Å². The summed E-state index contributed by atoms with van der Waals surface area (Å²) in [4.78, 5) is 12.6. The highest BCUT2D eigenvalue weighted by molar-refractivity contribution is 7.89. The molecule has 0 saturated heterocycles. The molecule has 138 valence electrons. The SMILES string of the molecule is CCN(CC)S(=O)(=O)c1cccc(C(=O)Oc2ccc3c(c2)CCC3)c1. The fourth-order valence-electron chi connectivity index (χ4n) is 3.27. The number of benzene rings is 2. The molecule has 6 heteroatoms. The lowest BCUT2D eigenvalue weighted by Crippen LogP contribution is -2.30. The quantitative estimate of drug-likeness (QED) is 0.575. The number of ether oxygens (including phenoxy) is 1. The lowest BCUT2D eigenvalue weighted by Gasteiger charge is -2.18. The second-order valence-electron chi connectivity index (χ2n) is 6.29. The van der Waals surface area contributed by atoms with E-state index in [1.165, 1.54) is 27.6 Å². The molecule has 3 rings (SSSR count). The highest BCUT2D eigenvalue weighted by atomic mass is 32.2. The van der Waals surface area contributed by atoms with Crippen LogP contribution < -0.4 is 4.74 Å². The Hall–Kier alpha value is -2.18. The van der Waals surface area contributed by atoms with E-state index in [9.17, 15) is 13.2 Å². The zero-order valence-corrected chi connectivity index (χ0v) is 15.9. The molecular weight excluding hydrogens is 350 g/mol. The number of fused-ring (bicyclic) bond motifs is 1. The Morgan fingerprint density at radius 3 is 2.50 bits per heavy atom. The van der Waals surface area contributed by atoms with Crippen LogP contribution in [0.3, 0.4) is 0 Å². The van der Waals surface area contributed by atoms with Gasteiger partial charge in [-0.25, -0.2) is 13.2 Å². The van der Waals surface area contributed by atoms with Crippen molar-refractivity contribution in [1.82, 2.24) is 4.31 Å². The largest absolute Gasteiger partial charge is 0.423 e. The minimum absolute atomic E-state index is 0.101. The summed E-state index contributed by atoms with van der Waals surface area (Å²) in [5, 5.41) is 0. The molecule has 0 N–H and O–H groups in total. The van der Waals surface area contributed by atoms with Gasteiger partial charge < -0.3 is 4.74 Å². The summed E-state index contributed by atoms with van der Waals surface area (Å²) in [5.74, 6) is -0.0628. The third-order valence-electron chi connectivity index (χ3n) is 4.69. The first kappa shape index (κ1) is 18.6. The van der Waals surface area contributed by atoms with Gasteiger partial charge in [-0.05, 0) is 60.7 Å². The number of sulfonamides is 1. The van der Waals surface area contributed by atoms with Crippen LogP contribution in [0.2, 0.25) is 0 Å². The molecule has 0 spiro atoms. The van der Waals surface area contributed by atoms with Crippen molar-refractivity contribution >= 4 is 16.0 Å². The second kappa shape index (κ2) is 7.60. The highest BCUT2D eigenvalue weighted by Gasteiger charge is 2.23. The number of carbonyl (C=O) groups is 1. The van der Waals surface area contributed by atoms with E-state index in [1.54, 1.807) is 32.0 Å². The molecule has 1 aliphatic rings. The molecule has 0 heterocycles. The average Bonchev–Trinajstić information content (AvgIpc) is 3.10. The number of carbonyl (C=O) groups excluding carboxylic acids is 1. The molecule has 0 bridgehead atoms. The molecule has 0 atom stereocenters. The molecule has 0 saturated carbocycles. The summed E-state index contributed by atoms with van der Waals surface area (Å²) in [5.41, 5.74) is 2.74. The van der Waals surface area contributed by atoms with Gasteiger partial charge in [0.15, 0.2) is 0 Å². The van der Waals surface area contributed by atoms with E-state index in [4.69, 9.17) is 4.74 Å². The van der Waals surface area contributed by atoms with Gasteiger partial charge in [0.2, 0.25) is 10.0 Å². The molecule has 0 aliphatic heterocycles. The minimum atomic E-state index is -3.61. The van der Waals surface area contributed by atoms with Gasteiger partial charge in [0, 0.05) is 13.1 Å². The number of hydrogen-bond acceptors (Lipinski definition) is 4. The third kappa shape index (κ3) is 3.66. The van der Waals surface area contributed by atoms with E-state index in [0.717, 1.165) is 19.3 Å². The Morgan fingerprint density at radius 1 is 1.04 bits per heavy atom. The van der Waals surface area contributed by atoms with Gasteiger partial charge in [0.05, 0.1) is 10.5 Å². The van der Waals surface area contributed by atoms with Crippen molar-refractivity contribution < 1.29 is 17.9 Å². The molecule has 26 heavy (non-hydrogen) atoms. The average molecular weight is 373 g/mol. The van der Waals surface area contributed by atoms with Gasteiger partial charge in [-0.2, -0.15) is 4.31 Å². The highest BCUT2D eigenvalue weighted by Crippen LogP contribution is 2.26. The molecule has 0 fully saturated rings. The normalized spacial score (nSPS) is 13.7. The first-order valence-electron chi connectivity index (χ1n) is 8.90. The Balaban J connectivity index is 1.82. The summed E-state index contributed by atoms with van der Waals surface area (Å²) in [7, 11) is -3.61. The fraction of sp³-hybridized carbons (Fsp3) is 0.350. The van der Waals surface area contributed by atoms with Crippen LogP contribution in [0.25, 0.3) is 0 Å². The summed E-state index contributed by atoms with van der Waals surface area (Å²) < 4.78 is 32.1. The molecule has 0 unspecified atom stereocenters. The topological polar surface area (TPSA) is 63.7 Å². The minimum Gasteiger partial charge on any atom is -0.423 e. The Kier molecular flexibility index (Phi) is 5.44. The molecule has 2 aromatic carbocycles.